The molecule has 0 radical (unpaired) electrons. The number of amides is 1. The van der Waals surface area contributed by atoms with Crippen molar-refractivity contribution in [3.05, 3.63) is 68.2 Å². The Morgan fingerprint density at radius 1 is 1.25 bits per heavy atom. The maximum absolute atomic E-state index is 12.5. The van der Waals surface area contributed by atoms with Crippen LogP contribution < -0.4 is 10.9 Å². The second-order valence-electron chi connectivity index (χ2n) is 5.25. The number of aromatic nitrogens is 4. The Bertz CT molecular complexity index is 956. The van der Waals surface area contributed by atoms with Gasteiger partial charge in [-0.3, -0.25) is 9.59 Å². The Morgan fingerprint density at radius 2 is 2.04 bits per heavy atom. The highest BCUT2D eigenvalue weighted by atomic mass is 79.9. The van der Waals surface area contributed by atoms with Gasteiger partial charge in [0, 0.05) is 16.2 Å². The molecule has 24 heavy (non-hydrogen) atoms. The highest BCUT2D eigenvalue weighted by Crippen LogP contribution is 2.21. The Kier molecular flexibility index (Phi) is 4.30. The van der Waals surface area contributed by atoms with Crippen LogP contribution >= 0.6 is 15.9 Å². The zero-order chi connectivity index (χ0) is 17.3. The van der Waals surface area contributed by atoms with Gasteiger partial charge in [-0.25, -0.2) is 9.78 Å². The van der Waals surface area contributed by atoms with Gasteiger partial charge >= 0.3 is 0 Å². The van der Waals surface area contributed by atoms with Crippen LogP contribution in [0.4, 0.5) is 5.69 Å². The lowest BCUT2D eigenvalue weighted by Gasteiger charge is -2.09. The third kappa shape index (κ3) is 3.13. The number of hydrogen-bond donors (Lipinski definition) is 2. The molecule has 2 aromatic heterocycles. The molecule has 0 saturated carbocycles. The number of H-pyrrole nitrogens is 1. The molecule has 122 valence electrons. The summed E-state index contributed by atoms with van der Waals surface area (Å²) < 4.78 is 2.45. The minimum Gasteiger partial charge on any atom is -0.322 e. The summed E-state index contributed by atoms with van der Waals surface area (Å²) in [5.41, 5.74) is 2.45. The van der Waals surface area contributed by atoms with Crippen LogP contribution in [0, 0.1) is 13.8 Å². The van der Waals surface area contributed by atoms with E-state index in [0.717, 1.165) is 15.7 Å². The first-order chi connectivity index (χ1) is 11.5. The van der Waals surface area contributed by atoms with Gasteiger partial charge in [-0.2, -0.15) is 10.2 Å². The van der Waals surface area contributed by atoms with Crippen molar-refractivity contribution in [1.82, 2.24) is 20.0 Å². The summed E-state index contributed by atoms with van der Waals surface area (Å²) in [6, 6.07) is 8.52. The SMILES string of the molecule is Cc1cc(Br)ccc1NC(=O)c1cnn(-c2ccc(=O)[nH]n2)c1C. The van der Waals surface area contributed by atoms with Crippen molar-refractivity contribution in [2.45, 2.75) is 13.8 Å². The van der Waals surface area contributed by atoms with Gasteiger partial charge in [-0.15, -0.1) is 0 Å². The number of benzene rings is 1. The van der Waals surface area contributed by atoms with Gasteiger partial charge in [-0.05, 0) is 43.7 Å². The van der Waals surface area contributed by atoms with Crippen molar-refractivity contribution in [3.63, 3.8) is 0 Å². The molecule has 0 fully saturated rings. The second kappa shape index (κ2) is 6.40. The lowest BCUT2D eigenvalue weighted by Crippen LogP contribution is -2.15. The number of aromatic amines is 1. The van der Waals surface area contributed by atoms with Gasteiger partial charge in [0.05, 0.1) is 17.5 Å². The van der Waals surface area contributed by atoms with Crippen LogP contribution in [0.3, 0.4) is 0 Å². The summed E-state index contributed by atoms with van der Waals surface area (Å²) in [6.07, 6.45) is 1.48. The minimum atomic E-state index is -0.299. The topological polar surface area (TPSA) is 92.7 Å². The Labute approximate surface area is 145 Å². The second-order valence-corrected chi connectivity index (χ2v) is 6.16. The molecule has 0 unspecified atom stereocenters. The van der Waals surface area contributed by atoms with E-state index in [4.69, 9.17) is 0 Å². The molecule has 8 heteroatoms. The molecule has 0 aliphatic heterocycles. The first kappa shape index (κ1) is 16.1. The van der Waals surface area contributed by atoms with E-state index in [9.17, 15) is 9.59 Å². The van der Waals surface area contributed by atoms with E-state index in [1.54, 1.807) is 13.0 Å². The van der Waals surface area contributed by atoms with Crippen molar-refractivity contribution in [1.29, 1.82) is 0 Å². The lowest BCUT2D eigenvalue weighted by molar-refractivity contribution is 0.102. The van der Waals surface area contributed by atoms with E-state index >= 15 is 0 Å². The van der Waals surface area contributed by atoms with E-state index in [1.165, 1.54) is 16.9 Å². The normalized spacial score (nSPS) is 10.6. The Hall–Kier alpha value is -2.74. The molecule has 3 aromatic rings. The molecule has 1 amide bonds. The van der Waals surface area contributed by atoms with E-state index < -0.39 is 0 Å². The van der Waals surface area contributed by atoms with Gasteiger partial charge < -0.3 is 5.32 Å². The van der Waals surface area contributed by atoms with Gasteiger partial charge in [0.2, 0.25) is 0 Å². The highest BCUT2D eigenvalue weighted by molar-refractivity contribution is 9.10. The molecule has 2 N–H and O–H groups in total. The summed E-state index contributed by atoms with van der Waals surface area (Å²) in [4.78, 5) is 23.6. The standard InChI is InChI=1S/C16H14BrN5O2/c1-9-7-11(17)3-4-13(9)19-16(24)12-8-18-22(10(12)2)14-5-6-15(23)21-20-14/h3-8H,1-2H3,(H,19,24)(H,21,23). The third-order valence-electron chi connectivity index (χ3n) is 3.57. The number of hydrogen-bond acceptors (Lipinski definition) is 4. The number of carbonyl (C=O) groups excluding carboxylic acids is 1. The summed E-state index contributed by atoms with van der Waals surface area (Å²) >= 11 is 3.40. The first-order valence-corrected chi connectivity index (χ1v) is 7.93. The fraction of sp³-hybridized carbons (Fsp3) is 0.125. The van der Waals surface area contributed by atoms with Gasteiger partial charge in [-0.1, -0.05) is 15.9 Å². The van der Waals surface area contributed by atoms with Crippen LogP contribution in [0.2, 0.25) is 0 Å². The molecule has 0 aliphatic rings. The number of halogens is 1. The lowest BCUT2D eigenvalue weighted by atomic mass is 10.2. The number of carbonyl (C=O) groups is 1. The molecule has 1 aromatic carbocycles. The number of nitrogens with zero attached hydrogens (tertiary/aromatic N) is 3. The largest absolute Gasteiger partial charge is 0.322 e. The number of aryl methyl sites for hydroxylation is 1. The number of rotatable bonds is 3. The van der Waals surface area contributed by atoms with Gasteiger partial charge in [0.1, 0.15) is 0 Å². The maximum Gasteiger partial charge on any atom is 0.264 e. The van der Waals surface area contributed by atoms with Crippen LogP contribution in [0.15, 0.2) is 45.8 Å². The fourth-order valence-corrected chi connectivity index (χ4v) is 2.75. The Balaban J connectivity index is 1.88. The Morgan fingerprint density at radius 3 is 2.71 bits per heavy atom. The predicted octanol–water partition coefficient (Wildman–Crippen LogP) is 2.59. The van der Waals surface area contributed by atoms with Crippen LogP contribution in [0.5, 0.6) is 0 Å². The molecule has 0 spiro atoms. The van der Waals surface area contributed by atoms with Crippen LogP contribution in [-0.4, -0.2) is 25.9 Å². The molecule has 0 bridgehead atoms. The first-order valence-electron chi connectivity index (χ1n) is 7.14. The van der Waals surface area contributed by atoms with Gasteiger partial charge in [0.15, 0.2) is 5.82 Å². The summed E-state index contributed by atoms with van der Waals surface area (Å²) in [5.74, 6) is 0.180. The highest BCUT2D eigenvalue weighted by Gasteiger charge is 2.16. The molecular formula is C16H14BrN5O2. The molecule has 0 saturated heterocycles. The monoisotopic (exact) mass is 387 g/mol. The van der Waals surface area contributed by atoms with Crippen LogP contribution in [0.25, 0.3) is 5.82 Å². The molecule has 2 heterocycles. The fourth-order valence-electron chi connectivity index (χ4n) is 2.28. The zero-order valence-corrected chi connectivity index (χ0v) is 14.6. The minimum absolute atomic E-state index is 0.256. The van der Waals surface area contributed by atoms with E-state index in [0.29, 0.717) is 17.1 Å². The van der Waals surface area contributed by atoms with Crippen molar-refractivity contribution in [2.24, 2.45) is 0 Å². The van der Waals surface area contributed by atoms with Crippen molar-refractivity contribution >= 4 is 27.5 Å². The van der Waals surface area contributed by atoms with Crippen LogP contribution in [0.1, 0.15) is 21.6 Å². The van der Waals surface area contributed by atoms with Crippen molar-refractivity contribution < 1.29 is 4.79 Å². The van der Waals surface area contributed by atoms with Gasteiger partial charge in [0.25, 0.3) is 11.5 Å². The van der Waals surface area contributed by atoms with E-state index in [2.05, 4.69) is 36.5 Å². The average molecular weight is 388 g/mol. The number of anilines is 1. The summed E-state index contributed by atoms with van der Waals surface area (Å²) in [7, 11) is 0. The zero-order valence-electron chi connectivity index (χ0n) is 13.0. The van der Waals surface area contributed by atoms with E-state index in [1.807, 2.05) is 25.1 Å². The summed E-state index contributed by atoms with van der Waals surface area (Å²) in [5, 5.41) is 13.3. The van der Waals surface area contributed by atoms with Crippen molar-refractivity contribution in [2.75, 3.05) is 5.32 Å². The average Bonchev–Trinajstić information content (AvgIpc) is 2.92. The molecule has 0 atom stereocenters. The summed E-state index contributed by atoms with van der Waals surface area (Å²) in [6.45, 7) is 3.68. The van der Waals surface area contributed by atoms with E-state index in [-0.39, 0.29) is 11.5 Å². The smallest absolute Gasteiger partial charge is 0.264 e. The molecule has 0 aliphatic carbocycles. The predicted molar refractivity (Wildman–Crippen MR) is 93.5 cm³/mol. The number of nitrogens with one attached hydrogen (secondary N) is 2. The van der Waals surface area contributed by atoms with Crippen molar-refractivity contribution in [3.8, 4) is 5.82 Å². The van der Waals surface area contributed by atoms with Crippen LogP contribution in [-0.2, 0) is 0 Å². The quantitative estimate of drug-likeness (QED) is 0.722. The molecule has 3 rings (SSSR count). The molecular weight excluding hydrogens is 374 g/mol. The third-order valence-corrected chi connectivity index (χ3v) is 4.07. The maximum atomic E-state index is 12.5. The molecule has 7 nitrogen and oxygen atoms in total.